The van der Waals surface area contributed by atoms with E-state index in [1.807, 2.05) is 22.8 Å². The lowest BCUT2D eigenvalue weighted by Gasteiger charge is -2.27. The van der Waals surface area contributed by atoms with Crippen LogP contribution < -0.4 is 5.56 Å². The molecule has 0 bridgehead atoms. The van der Waals surface area contributed by atoms with Crippen LogP contribution in [0.1, 0.15) is 12.8 Å². The van der Waals surface area contributed by atoms with Crippen LogP contribution in [0, 0.1) is 0 Å². The molecule has 2 aromatic heterocycles. The predicted octanol–water partition coefficient (Wildman–Crippen LogP) is 3.73. The Hall–Kier alpha value is -1.71. The zero-order chi connectivity index (χ0) is 21.0. The number of aromatic nitrogens is 2. The van der Waals surface area contributed by atoms with Crippen LogP contribution in [0.25, 0.3) is 20.7 Å². The largest absolute Gasteiger partial charge is 0.379 e. The molecule has 0 spiro atoms. The zero-order valence-electron chi connectivity index (χ0n) is 17.5. The van der Waals surface area contributed by atoms with Crippen molar-refractivity contribution in [2.45, 2.75) is 30.6 Å². The maximum atomic E-state index is 13.5. The third-order valence-corrected chi connectivity index (χ3v) is 8.09. The molecule has 2 fully saturated rings. The van der Waals surface area contributed by atoms with Crippen molar-refractivity contribution in [3.8, 4) is 10.4 Å². The Kier molecular flexibility index (Phi) is 6.71. The van der Waals surface area contributed by atoms with E-state index in [-0.39, 0.29) is 11.7 Å². The van der Waals surface area contributed by atoms with Crippen molar-refractivity contribution < 1.29 is 9.47 Å². The summed E-state index contributed by atoms with van der Waals surface area (Å²) in [4.78, 5) is 21.9. The first-order chi connectivity index (χ1) is 15.3. The van der Waals surface area contributed by atoms with Gasteiger partial charge in [-0.3, -0.25) is 14.3 Å². The summed E-state index contributed by atoms with van der Waals surface area (Å²) in [6.07, 6.45) is 2.46. The number of benzene rings is 1. The molecule has 31 heavy (non-hydrogen) atoms. The maximum absolute atomic E-state index is 13.5. The Balaban J connectivity index is 1.46. The van der Waals surface area contributed by atoms with Crippen molar-refractivity contribution in [3.05, 3.63) is 46.8 Å². The van der Waals surface area contributed by atoms with Crippen molar-refractivity contribution in [3.63, 3.8) is 0 Å². The number of hydrogen-bond acceptors (Lipinski definition) is 7. The average molecular weight is 458 g/mol. The van der Waals surface area contributed by atoms with Crippen molar-refractivity contribution in [2.75, 3.05) is 45.2 Å². The molecule has 3 aromatic rings. The summed E-state index contributed by atoms with van der Waals surface area (Å²) in [5.41, 5.74) is 1.99. The lowest BCUT2D eigenvalue weighted by atomic mass is 10.2. The monoisotopic (exact) mass is 457 g/mol. The Morgan fingerprint density at radius 2 is 1.97 bits per heavy atom. The molecule has 0 aliphatic carbocycles. The predicted molar refractivity (Wildman–Crippen MR) is 126 cm³/mol. The van der Waals surface area contributed by atoms with E-state index in [2.05, 4.69) is 23.1 Å². The normalized spacial score (nSPS) is 19.9. The van der Waals surface area contributed by atoms with E-state index in [9.17, 15) is 4.79 Å². The van der Waals surface area contributed by atoms with Crippen LogP contribution >= 0.6 is 23.1 Å². The summed E-state index contributed by atoms with van der Waals surface area (Å²) >= 11 is 3.19. The minimum atomic E-state index is 0.0697. The van der Waals surface area contributed by atoms with Crippen molar-refractivity contribution >= 4 is 33.3 Å². The van der Waals surface area contributed by atoms with Crippen LogP contribution in [0.3, 0.4) is 0 Å². The summed E-state index contributed by atoms with van der Waals surface area (Å²) in [5, 5.41) is 0.804. The number of ether oxygens (including phenoxy) is 2. The van der Waals surface area contributed by atoms with Gasteiger partial charge in [-0.05, 0) is 24.5 Å². The van der Waals surface area contributed by atoms with Gasteiger partial charge < -0.3 is 9.47 Å². The van der Waals surface area contributed by atoms with E-state index >= 15 is 0 Å². The molecule has 6 nitrogen and oxygen atoms in total. The molecule has 8 heteroatoms. The van der Waals surface area contributed by atoms with Gasteiger partial charge in [-0.25, -0.2) is 4.98 Å². The van der Waals surface area contributed by atoms with E-state index < -0.39 is 0 Å². The van der Waals surface area contributed by atoms with Crippen molar-refractivity contribution in [1.29, 1.82) is 0 Å². The molecule has 2 aliphatic rings. The zero-order valence-corrected chi connectivity index (χ0v) is 19.1. The van der Waals surface area contributed by atoms with E-state index in [0.29, 0.717) is 6.54 Å². The van der Waals surface area contributed by atoms with E-state index in [1.165, 1.54) is 0 Å². The van der Waals surface area contributed by atoms with Gasteiger partial charge in [-0.1, -0.05) is 42.1 Å². The molecule has 0 radical (unpaired) electrons. The molecule has 1 aromatic carbocycles. The fourth-order valence-corrected chi connectivity index (χ4v) is 6.19. The number of nitrogens with zero attached hydrogens (tertiary/aromatic N) is 3. The number of morpholine rings is 1. The molecule has 164 valence electrons. The molecule has 0 unspecified atom stereocenters. The quantitative estimate of drug-likeness (QED) is 0.398. The van der Waals surface area contributed by atoms with Gasteiger partial charge in [0.2, 0.25) is 0 Å². The summed E-state index contributed by atoms with van der Waals surface area (Å²) in [6.45, 7) is 5.68. The highest BCUT2D eigenvalue weighted by Gasteiger charge is 2.20. The summed E-state index contributed by atoms with van der Waals surface area (Å²) in [5.74, 6) is 0.838. The highest BCUT2D eigenvalue weighted by molar-refractivity contribution is 7.99. The van der Waals surface area contributed by atoms with Gasteiger partial charge in [0, 0.05) is 43.4 Å². The van der Waals surface area contributed by atoms with E-state index in [0.717, 1.165) is 83.9 Å². The van der Waals surface area contributed by atoms with Crippen LogP contribution in [0.4, 0.5) is 0 Å². The second kappa shape index (κ2) is 9.83. The molecule has 1 atom stereocenters. The minimum Gasteiger partial charge on any atom is -0.379 e. The SMILES string of the molecule is O=c1c2sc(-c3ccccc3)cc2nc(SC[C@H]2CCCO2)n1CCN1CCOCC1. The Bertz CT molecular complexity index is 1070. The third kappa shape index (κ3) is 4.88. The summed E-state index contributed by atoms with van der Waals surface area (Å²) < 4.78 is 13.9. The topological polar surface area (TPSA) is 56.6 Å². The molecule has 2 aliphatic heterocycles. The van der Waals surface area contributed by atoms with Gasteiger partial charge in [-0.15, -0.1) is 11.3 Å². The van der Waals surface area contributed by atoms with Crippen LogP contribution in [-0.2, 0) is 16.0 Å². The van der Waals surface area contributed by atoms with Crippen LogP contribution in [0.5, 0.6) is 0 Å². The van der Waals surface area contributed by atoms with Gasteiger partial charge in [0.25, 0.3) is 5.56 Å². The highest BCUT2D eigenvalue weighted by Crippen LogP contribution is 2.32. The lowest BCUT2D eigenvalue weighted by Crippen LogP contribution is -2.39. The van der Waals surface area contributed by atoms with Gasteiger partial charge in [0.1, 0.15) is 4.70 Å². The van der Waals surface area contributed by atoms with E-state index in [4.69, 9.17) is 14.5 Å². The molecule has 0 N–H and O–H groups in total. The van der Waals surface area contributed by atoms with Gasteiger partial charge in [0.05, 0.1) is 24.8 Å². The molecule has 4 heterocycles. The third-order valence-electron chi connectivity index (χ3n) is 5.82. The summed E-state index contributed by atoms with van der Waals surface area (Å²) in [7, 11) is 0. The highest BCUT2D eigenvalue weighted by atomic mass is 32.2. The first-order valence-corrected chi connectivity index (χ1v) is 12.7. The minimum absolute atomic E-state index is 0.0697. The number of rotatable bonds is 7. The summed E-state index contributed by atoms with van der Waals surface area (Å²) in [6, 6.07) is 12.3. The Labute approximate surface area is 190 Å². The van der Waals surface area contributed by atoms with Crippen molar-refractivity contribution in [1.82, 2.24) is 14.5 Å². The Morgan fingerprint density at radius 1 is 1.13 bits per heavy atom. The van der Waals surface area contributed by atoms with Gasteiger partial charge in [-0.2, -0.15) is 0 Å². The van der Waals surface area contributed by atoms with E-state index in [1.54, 1.807) is 23.1 Å². The molecular weight excluding hydrogens is 430 g/mol. The standard InChI is InChI=1S/C23H27N3O3S2/c27-22-21-19(15-20(31-21)17-5-2-1-3-6-17)24-23(30-16-18-7-4-12-29-18)26(22)9-8-25-10-13-28-14-11-25/h1-3,5-6,15,18H,4,7-14,16H2/t18-/m1/s1. The lowest BCUT2D eigenvalue weighted by molar-refractivity contribution is 0.0359. The molecule has 0 amide bonds. The maximum Gasteiger partial charge on any atom is 0.272 e. The smallest absolute Gasteiger partial charge is 0.272 e. The van der Waals surface area contributed by atoms with Crippen LogP contribution in [0.2, 0.25) is 0 Å². The average Bonchev–Trinajstić information content (AvgIpc) is 3.49. The molecule has 5 rings (SSSR count). The second-order valence-electron chi connectivity index (χ2n) is 7.94. The number of hydrogen-bond donors (Lipinski definition) is 0. The number of thiophene rings is 1. The van der Waals surface area contributed by atoms with Crippen LogP contribution in [0.15, 0.2) is 46.3 Å². The van der Waals surface area contributed by atoms with Crippen LogP contribution in [-0.4, -0.2) is 65.8 Å². The fraction of sp³-hybridized carbons (Fsp3) is 0.478. The molecular formula is C23H27N3O3S2. The fourth-order valence-electron chi connectivity index (χ4n) is 4.05. The Morgan fingerprint density at radius 3 is 2.74 bits per heavy atom. The second-order valence-corrected chi connectivity index (χ2v) is 9.98. The first kappa shape index (κ1) is 21.2. The van der Waals surface area contributed by atoms with Crippen molar-refractivity contribution in [2.24, 2.45) is 0 Å². The number of fused-ring (bicyclic) bond motifs is 1. The van der Waals surface area contributed by atoms with Gasteiger partial charge in [0.15, 0.2) is 5.16 Å². The molecule has 0 saturated carbocycles. The first-order valence-electron chi connectivity index (χ1n) is 10.9. The van der Waals surface area contributed by atoms with Gasteiger partial charge >= 0.3 is 0 Å². The number of thioether (sulfide) groups is 1. The molecule has 2 saturated heterocycles.